The molecule has 0 saturated carbocycles. The summed E-state index contributed by atoms with van der Waals surface area (Å²) in [6.07, 6.45) is 0. The first kappa shape index (κ1) is 11.7. The van der Waals surface area contributed by atoms with E-state index in [0.29, 0.717) is 10.4 Å². The second-order valence-electron chi connectivity index (χ2n) is 2.97. The van der Waals surface area contributed by atoms with Gasteiger partial charge in [-0.2, -0.15) is 4.98 Å². The van der Waals surface area contributed by atoms with Gasteiger partial charge < -0.3 is 9.64 Å². The fraction of sp³-hybridized carbons (Fsp3) is 0.375. The Morgan fingerprint density at radius 1 is 1.60 bits per heavy atom. The molecule has 1 heterocycles. The normalized spacial score (nSPS) is 9.87. The molecule has 0 N–H and O–H groups in total. The highest BCUT2D eigenvalue weighted by atomic mass is 79.9. The molecule has 0 spiro atoms. The lowest BCUT2D eigenvalue weighted by molar-refractivity contribution is -0.384. The molecule has 7 heteroatoms. The van der Waals surface area contributed by atoms with Crippen molar-refractivity contribution < 1.29 is 9.66 Å². The first-order valence-electron chi connectivity index (χ1n) is 4.03. The van der Waals surface area contributed by atoms with Crippen molar-refractivity contribution in [2.45, 2.75) is 0 Å². The van der Waals surface area contributed by atoms with Gasteiger partial charge in [-0.3, -0.25) is 10.1 Å². The van der Waals surface area contributed by atoms with E-state index >= 15 is 0 Å². The molecule has 0 aromatic carbocycles. The highest BCUT2D eigenvalue weighted by Crippen LogP contribution is 2.33. The van der Waals surface area contributed by atoms with Gasteiger partial charge in [0.1, 0.15) is 0 Å². The number of aromatic nitrogens is 1. The molecule has 0 atom stereocenters. The van der Waals surface area contributed by atoms with Crippen LogP contribution in [0, 0.1) is 10.1 Å². The lowest BCUT2D eigenvalue weighted by atomic mass is 10.3. The smallest absolute Gasteiger partial charge is 0.312 e. The van der Waals surface area contributed by atoms with E-state index in [1.807, 2.05) is 0 Å². The molecule has 6 nitrogen and oxygen atoms in total. The fourth-order valence-corrected chi connectivity index (χ4v) is 1.53. The number of rotatable bonds is 3. The second-order valence-corrected chi connectivity index (χ2v) is 3.83. The lowest BCUT2D eigenvalue weighted by Crippen LogP contribution is -2.13. The molecule has 0 aliphatic carbocycles. The molecule has 0 amide bonds. The van der Waals surface area contributed by atoms with Crippen molar-refractivity contribution in [3.63, 3.8) is 0 Å². The molecule has 1 aromatic heterocycles. The number of anilines is 1. The van der Waals surface area contributed by atoms with Gasteiger partial charge in [-0.1, -0.05) is 0 Å². The van der Waals surface area contributed by atoms with E-state index in [2.05, 4.69) is 20.9 Å². The summed E-state index contributed by atoms with van der Waals surface area (Å²) in [6, 6.07) is 1.38. The van der Waals surface area contributed by atoms with Gasteiger partial charge in [0.2, 0.25) is 11.7 Å². The van der Waals surface area contributed by atoms with Crippen molar-refractivity contribution in [2.75, 3.05) is 26.1 Å². The molecular weight excluding hydrogens is 266 g/mol. The molecule has 0 bridgehead atoms. The molecular formula is C8H10BrN3O3. The largest absolute Gasteiger partial charge is 0.480 e. The van der Waals surface area contributed by atoms with Crippen LogP contribution >= 0.6 is 15.9 Å². The van der Waals surface area contributed by atoms with Crippen LogP contribution in [0.2, 0.25) is 0 Å². The maximum atomic E-state index is 10.8. The third kappa shape index (κ3) is 2.35. The zero-order chi connectivity index (χ0) is 11.6. The number of hydrogen-bond acceptors (Lipinski definition) is 5. The van der Waals surface area contributed by atoms with Crippen LogP contribution in [-0.4, -0.2) is 31.1 Å². The molecule has 0 aliphatic heterocycles. The van der Waals surface area contributed by atoms with Crippen LogP contribution in [0.1, 0.15) is 0 Å². The summed E-state index contributed by atoms with van der Waals surface area (Å²) in [7, 11) is 4.82. The zero-order valence-electron chi connectivity index (χ0n) is 8.52. The quantitative estimate of drug-likeness (QED) is 0.622. The average Bonchev–Trinajstić information content (AvgIpc) is 2.16. The number of methoxy groups -OCH3 is 1. The van der Waals surface area contributed by atoms with Crippen LogP contribution < -0.4 is 9.64 Å². The minimum Gasteiger partial charge on any atom is -0.480 e. The van der Waals surface area contributed by atoms with Crippen molar-refractivity contribution in [2.24, 2.45) is 0 Å². The third-order valence-electron chi connectivity index (χ3n) is 1.72. The average molecular weight is 276 g/mol. The number of nitro groups is 1. The predicted octanol–water partition coefficient (Wildman–Crippen LogP) is 1.83. The highest BCUT2D eigenvalue weighted by molar-refractivity contribution is 9.10. The predicted molar refractivity (Wildman–Crippen MR) is 59.5 cm³/mol. The van der Waals surface area contributed by atoms with Gasteiger partial charge in [0.25, 0.3) is 0 Å². The second kappa shape index (κ2) is 4.43. The summed E-state index contributed by atoms with van der Waals surface area (Å²) >= 11 is 3.15. The first-order chi connectivity index (χ1) is 6.97. The molecule has 0 fully saturated rings. The SMILES string of the molecule is COc1nc(N(C)C)c([N+](=O)[O-])cc1Br. The lowest BCUT2D eigenvalue weighted by Gasteiger charge is -2.13. The summed E-state index contributed by atoms with van der Waals surface area (Å²) in [6.45, 7) is 0. The fourth-order valence-electron chi connectivity index (χ4n) is 1.06. The van der Waals surface area contributed by atoms with Crippen molar-refractivity contribution in [1.29, 1.82) is 0 Å². The van der Waals surface area contributed by atoms with E-state index in [1.165, 1.54) is 13.2 Å². The molecule has 0 unspecified atom stereocenters. The maximum Gasteiger partial charge on any atom is 0.312 e. The molecule has 1 aromatic rings. The Morgan fingerprint density at radius 3 is 2.60 bits per heavy atom. The van der Waals surface area contributed by atoms with Gasteiger partial charge in [0.15, 0.2) is 0 Å². The molecule has 1 rings (SSSR count). The van der Waals surface area contributed by atoms with Crippen molar-refractivity contribution >= 4 is 27.4 Å². The minimum atomic E-state index is -0.480. The van der Waals surface area contributed by atoms with Crippen molar-refractivity contribution in [1.82, 2.24) is 4.98 Å². The topological polar surface area (TPSA) is 68.5 Å². The Kier molecular flexibility index (Phi) is 3.46. The van der Waals surface area contributed by atoms with E-state index < -0.39 is 4.92 Å². The van der Waals surface area contributed by atoms with E-state index in [4.69, 9.17) is 4.74 Å². The Hall–Kier alpha value is -1.37. The Labute approximate surface area is 95.1 Å². The van der Waals surface area contributed by atoms with Crippen LogP contribution in [0.3, 0.4) is 0 Å². The Bertz CT molecular complexity index is 395. The van der Waals surface area contributed by atoms with Crippen LogP contribution in [0.5, 0.6) is 5.88 Å². The molecule has 82 valence electrons. The molecule has 0 radical (unpaired) electrons. The van der Waals surface area contributed by atoms with Gasteiger partial charge >= 0.3 is 5.69 Å². The Balaban J connectivity index is 3.38. The third-order valence-corrected chi connectivity index (χ3v) is 2.29. The summed E-state index contributed by atoms with van der Waals surface area (Å²) in [5, 5.41) is 10.8. The van der Waals surface area contributed by atoms with Gasteiger partial charge in [-0.05, 0) is 15.9 Å². The monoisotopic (exact) mass is 275 g/mol. The van der Waals surface area contributed by atoms with Crippen LogP contribution in [0.25, 0.3) is 0 Å². The number of pyridine rings is 1. The van der Waals surface area contributed by atoms with Gasteiger partial charge in [-0.15, -0.1) is 0 Å². The zero-order valence-corrected chi connectivity index (χ0v) is 10.1. The van der Waals surface area contributed by atoms with Gasteiger partial charge in [0, 0.05) is 20.2 Å². The number of ether oxygens (including phenoxy) is 1. The molecule has 0 saturated heterocycles. The van der Waals surface area contributed by atoms with E-state index in [0.717, 1.165) is 0 Å². The van der Waals surface area contributed by atoms with Gasteiger partial charge in [0.05, 0.1) is 16.5 Å². The van der Waals surface area contributed by atoms with E-state index in [9.17, 15) is 10.1 Å². The van der Waals surface area contributed by atoms with Crippen LogP contribution in [0.15, 0.2) is 10.5 Å². The van der Waals surface area contributed by atoms with Crippen molar-refractivity contribution in [3.05, 3.63) is 20.7 Å². The van der Waals surface area contributed by atoms with E-state index in [-0.39, 0.29) is 11.5 Å². The first-order valence-corrected chi connectivity index (χ1v) is 4.83. The Morgan fingerprint density at radius 2 is 2.20 bits per heavy atom. The minimum absolute atomic E-state index is 0.0623. The molecule has 0 aliphatic rings. The number of halogens is 1. The van der Waals surface area contributed by atoms with E-state index in [1.54, 1.807) is 19.0 Å². The summed E-state index contributed by atoms with van der Waals surface area (Å²) in [5.74, 6) is 0.587. The summed E-state index contributed by atoms with van der Waals surface area (Å²) in [5.41, 5.74) is -0.0623. The highest BCUT2D eigenvalue weighted by Gasteiger charge is 2.20. The number of nitrogens with zero attached hydrogens (tertiary/aromatic N) is 3. The standard InChI is InChI=1S/C8H10BrN3O3/c1-11(2)7-6(12(13)14)4-5(9)8(10-7)15-3/h4H,1-3H3. The maximum absolute atomic E-state index is 10.8. The van der Waals surface area contributed by atoms with Crippen molar-refractivity contribution in [3.8, 4) is 5.88 Å². The number of hydrogen-bond donors (Lipinski definition) is 0. The molecule has 15 heavy (non-hydrogen) atoms. The van der Waals surface area contributed by atoms with Gasteiger partial charge in [-0.25, -0.2) is 0 Å². The van der Waals surface area contributed by atoms with Crippen LogP contribution in [-0.2, 0) is 0 Å². The summed E-state index contributed by atoms with van der Waals surface area (Å²) in [4.78, 5) is 15.9. The van der Waals surface area contributed by atoms with Crippen LogP contribution in [0.4, 0.5) is 11.5 Å². The summed E-state index contributed by atoms with van der Waals surface area (Å²) < 4.78 is 5.42.